The first-order valence-electron chi connectivity index (χ1n) is 3.73. The van der Waals surface area contributed by atoms with Gasteiger partial charge in [-0.25, -0.2) is 8.78 Å². The fourth-order valence-electron chi connectivity index (χ4n) is 1.14. The molecule has 0 fully saturated rings. The van der Waals surface area contributed by atoms with Crippen LogP contribution in [-0.4, -0.2) is 0 Å². The lowest BCUT2D eigenvalue weighted by Gasteiger charge is -2.09. The number of hydrogen-bond donors (Lipinski definition) is 1. The number of benzene rings is 1. The zero-order chi connectivity index (χ0) is 9.30. The van der Waals surface area contributed by atoms with E-state index in [4.69, 9.17) is 5.73 Å². The summed E-state index contributed by atoms with van der Waals surface area (Å²) in [6.45, 7) is 3.29. The molecule has 0 amide bonds. The summed E-state index contributed by atoms with van der Waals surface area (Å²) in [6, 6.07) is 1.79. The predicted octanol–water partition coefficient (Wildman–Crippen LogP) is 2.29. The minimum absolute atomic E-state index is 0.338. The van der Waals surface area contributed by atoms with Crippen molar-refractivity contribution >= 4 is 0 Å². The van der Waals surface area contributed by atoms with Crippen molar-refractivity contribution in [1.29, 1.82) is 0 Å². The summed E-state index contributed by atoms with van der Waals surface area (Å²) in [5, 5.41) is 0. The van der Waals surface area contributed by atoms with Crippen molar-refractivity contribution in [3.05, 3.63) is 34.9 Å². The van der Waals surface area contributed by atoms with Crippen LogP contribution in [0.2, 0.25) is 0 Å². The van der Waals surface area contributed by atoms with E-state index in [9.17, 15) is 8.78 Å². The minimum atomic E-state index is -0.578. The predicted molar refractivity (Wildman–Crippen MR) is 43.7 cm³/mol. The average molecular weight is 171 g/mol. The van der Waals surface area contributed by atoms with Gasteiger partial charge in [-0.1, -0.05) is 0 Å². The third-order valence-corrected chi connectivity index (χ3v) is 1.84. The average Bonchev–Trinajstić information content (AvgIpc) is 1.96. The van der Waals surface area contributed by atoms with Gasteiger partial charge in [-0.05, 0) is 31.0 Å². The van der Waals surface area contributed by atoms with Crippen molar-refractivity contribution in [3.8, 4) is 0 Å². The third kappa shape index (κ3) is 1.61. The van der Waals surface area contributed by atoms with Crippen LogP contribution in [0.5, 0.6) is 0 Å². The van der Waals surface area contributed by atoms with E-state index in [1.54, 1.807) is 13.8 Å². The number of rotatable bonds is 1. The Morgan fingerprint density at radius 3 is 2.42 bits per heavy atom. The Morgan fingerprint density at radius 2 is 1.92 bits per heavy atom. The molecule has 0 saturated carbocycles. The normalized spacial score (nSPS) is 13.1. The second-order valence-corrected chi connectivity index (χ2v) is 2.89. The zero-order valence-corrected chi connectivity index (χ0v) is 7.07. The molecule has 0 radical (unpaired) electrons. The third-order valence-electron chi connectivity index (χ3n) is 1.84. The Kier molecular flexibility index (Phi) is 2.43. The summed E-state index contributed by atoms with van der Waals surface area (Å²) in [6.07, 6.45) is 0. The molecule has 0 aromatic heterocycles. The number of hydrogen-bond acceptors (Lipinski definition) is 1. The number of nitrogens with two attached hydrogens (primary N) is 1. The zero-order valence-electron chi connectivity index (χ0n) is 7.07. The number of halogens is 2. The lowest BCUT2D eigenvalue weighted by molar-refractivity contribution is 0.569. The van der Waals surface area contributed by atoms with Gasteiger partial charge in [0.25, 0.3) is 0 Å². The second-order valence-electron chi connectivity index (χ2n) is 2.89. The van der Waals surface area contributed by atoms with Gasteiger partial charge in [-0.15, -0.1) is 0 Å². The molecular weight excluding hydrogens is 160 g/mol. The van der Waals surface area contributed by atoms with Crippen molar-refractivity contribution in [1.82, 2.24) is 0 Å². The molecule has 0 bridgehead atoms. The molecular formula is C9H11F2N. The van der Waals surface area contributed by atoms with E-state index < -0.39 is 11.6 Å². The van der Waals surface area contributed by atoms with Gasteiger partial charge in [0.1, 0.15) is 11.6 Å². The molecule has 1 aromatic rings. The van der Waals surface area contributed by atoms with E-state index in [0.29, 0.717) is 11.1 Å². The molecule has 0 aliphatic carbocycles. The Labute approximate surface area is 70.2 Å². The first kappa shape index (κ1) is 9.13. The van der Waals surface area contributed by atoms with Crippen molar-refractivity contribution in [2.24, 2.45) is 5.73 Å². The molecule has 2 N–H and O–H groups in total. The van der Waals surface area contributed by atoms with Crippen LogP contribution in [0.3, 0.4) is 0 Å². The van der Waals surface area contributed by atoms with Crippen LogP contribution >= 0.6 is 0 Å². The van der Waals surface area contributed by atoms with Crippen LogP contribution in [0, 0.1) is 18.6 Å². The SMILES string of the molecule is Cc1c(F)cc(F)cc1[C@H](C)N. The Bertz CT molecular complexity index is 295. The van der Waals surface area contributed by atoms with Gasteiger partial charge < -0.3 is 5.73 Å². The maximum Gasteiger partial charge on any atom is 0.129 e. The van der Waals surface area contributed by atoms with Gasteiger partial charge in [-0.2, -0.15) is 0 Å². The van der Waals surface area contributed by atoms with Gasteiger partial charge >= 0.3 is 0 Å². The molecule has 0 aliphatic heterocycles. The summed E-state index contributed by atoms with van der Waals surface area (Å²) < 4.78 is 25.6. The van der Waals surface area contributed by atoms with Crippen LogP contribution in [0.15, 0.2) is 12.1 Å². The van der Waals surface area contributed by atoms with E-state index >= 15 is 0 Å². The molecule has 0 unspecified atom stereocenters. The molecule has 1 aromatic carbocycles. The van der Waals surface area contributed by atoms with E-state index in [-0.39, 0.29) is 6.04 Å². The second kappa shape index (κ2) is 3.19. The Hall–Kier alpha value is -0.960. The topological polar surface area (TPSA) is 26.0 Å². The van der Waals surface area contributed by atoms with Crippen molar-refractivity contribution in [3.63, 3.8) is 0 Å². The highest BCUT2D eigenvalue weighted by Gasteiger charge is 2.09. The highest BCUT2D eigenvalue weighted by atomic mass is 19.1. The maximum absolute atomic E-state index is 12.9. The minimum Gasteiger partial charge on any atom is -0.324 e. The van der Waals surface area contributed by atoms with Crippen LogP contribution < -0.4 is 5.73 Å². The van der Waals surface area contributed by atoms with Gasteiger partial charge in [0.2, 0.25) is 0 Å². The highest BCUT2D eigenvalue weighted by Crippen LogP contribution is 2.19. The highest BCUT2D eigenvalue weighted by molar-refractivity contribution is 5.30. The monoisotopic (exact) mass is 171 g/mol. The van der Waals surface area contributed by atoms with Crippen LogP contribution in [0.1, 0.15) is 24.1 Å². The quantitative estimate of drug-likeness (QED) is 0.689. The fraction of sp³-hybridized carbons (Fsp3) is 0.333. The summed E-state index contributed by atoms with van der Waals surface area (Å²) in [4.78, 5) is 0. The van der Waals surface area contributed by atoms with E-state index in [0.717, 1.165) is 6.07 Å². The lowest BCUT2D eigenvalue weighted by Crippen LogP contribution is -2.08. The molecule has 0 saturated heterocycles. The molecule has 1 rings (SSSR count). The largest absolute Gasteiger partial charge is 0.324 e. The molecule has 0 aliphatic rings. The van der Waals surface area contributed by atoms with E-state index in [2.05, 4.69) is 0 Å². The first-order valence-corrected chi connectivity index (χ1v) is 3.73. The van der Waals surface area contributed by atoms with Gasteiger partial charge in [0.15, 0.2) is 0 Å². The van der Waals surface area contributed by atoms with Crippen LogP contribution in [0.25, 0.3) is 0 Å². The molecule has 3 heteroatoms. The van der Waals surface area contributed by atoms with Gasteiger partial charge in [0.05, 0.1) is 0 Å². The van der Waals surface area contributed by atoms with Crippen LogP contribution in [-0.2, 0) is 0 Å². The fourth-order valence-corrected chi connectivity index (χ4v) is 1.14. The summed E-state index contributed by atoms with van der Waals surface area (Å²) >= 11 is 0. The maximum atomic E-state index is 12.9. The molecule has 1 nitrogen and oxygen atoms in total. The summed E-state index contributed by atoms with van der Waals surface area (Å²) in [5.41, 5.74) is 6.46. The molecule has 0 spiro atoms. The van der Waals surface area contributed by atoms with Crippen molar-refractivity contribution in [2.75, 3.05) is 0 Å². The molecule has 1 atom stereocenters. The standard InChI is InChI=1S/C9H11F2N/c1-5-8(6(2)12)3-7(10)4-9(5)11/h3-4,6H,12H2,1-2H3/t6-/m0/s1. The van der Waals surface area contributed by atoms with Crippen molar-refractivity contribution in [2.45, 2.75) is 19.9 Å². The van der Waals surface area contributed by atoms with Gasteiger partial charge in [-0.3, -0.25) is 0 Å². The summed E-state index contributed by atoms with van der Waals surface area (Å²) in [5.74, 6) is -1.12. The first-order chi connectivity index (χ1) is 5.52. The molecule has 0 heterocycles. The Morgan fingerprint density at radius 1 is 1.33 bits per heavy atom. The summed E-state index contributed by atoms with van der Waals surface area (Å²) in [7, 11) is 0. The van der Waals surface area contributed by atoms with Gasteiger partial charge in [0, 0.05) is 12.1 Å². The van der Waals surface area contributed by atoms with Crippen molar-refractivity contribution < 1.29 is 8.78 Å². The van der Waals surface area contributed by atoms with Crippen LogP contribution in [0.4, 0.5) is 8.78 Å². The lowest BCUT2D eigenvalue weighted by atomic mass is 10.0. The molecule has 12 heavy (non-hydrogen) atoms. The molecule has 66 valence electrons. The van der Waals surface area contributed by atoms with E-state index in [1.165, 1.54) is 6.07 Å². The Balaban J connectivity index is 3.28. The smallest absolute Gasteiger partial charge is 0.129 e. The van der Waals surface area contributed by atoms with E-state index in [1.807, 2.05) is 0 Å².